The zero-order valence-electron chi connectivity index (χ0n) is 15.6. The van der Waals surface area contributed by atoms with Crippen LogP contribution in [0.15, 0.2) is 33.7 Å². The molecule has 1 aromatic carbocycles. The fourth-order valence-electron chi connectivity index (χ4n) is 3.47. The van der Waals surface area contributed by atoms with E-state index in [4.69, 9.17) is 10.5 Å². The lowest BCUT2D eigenvalue weighted by Crippen LogP contribution is -2.48. The predicted octanol–water partition coefficient (Wildman–Crippen LogP) is 3.62. The molecule has 0 aromatic heterocycles. The first-order valence-corrected chi connectivity index (χ1v) is 10.1. The number of halogens is 2. The number of benzene rings is 1. The third kappa shape index (κ3) is 5.73. The van der Waals surface area contributed by atoms with Crippen LogP contribution in [0, 0.1) is 0 Å². The van der Waals surface area contributed by atoms with Crippen molar-refractivity contribution in [2.24, 2.45) is 10.7 Å². The number of guanidine groups is 1. The Labute approximate surface area is 186 Å². The fraction of sp³-hybridized carbons (Fsp3) is 0.579. The molecule has 0 bridgehead atoms. The number of likely N-dealkylation sites (tertiary alicyclic amines) is 1. The van der Waals surface area contributed by atoms with Gasteiger partial charge < -0.3 is 20.7 Å². The van der Waals surface area contributed by atoms with Gasteiger partial charge in [-0.15, -0.1) is 24.0 Å². The van der Waals surface area contributed by atoms with Gasteiger partial charge in [0.2, 0.25) is 0 Å². The number of hydrogen-bond acceptors (Lipinski definition) is 3. The van der Waals surface area contributed by atoms with Gasteiger partial charge >= 0.3 is 6.09 Å². The molecule has 2 aliphatic rings. The van der Waals surface area contributed by atoms with E-state index in [9.17, 15) is 4.79 Å². The van der Waals surface area contributed by atoms with Crippen LogP contribution in [0.5, 0.6) is 0 Å². The molecule has 1 aliphatic heterocycles. The highest BCUT2D eigenvalue weighted by atomic mass is 127. The molecule has 0 spiro atoms. The molecular weight excluding hydrogens is 523 g/mol. The summed E-state index contributed by atoms with van der Waals surface area (Å²) in [6.07, 6.45) is 3.76. The third-order valence-corrected chi connectivity index (χ3v) is 5.92. The number of nitrogens with zero attached hydrogens (tertiary/aromatic N) is 2. The number of rotatable bonds is 5. The second kappa shape index (κ2) is 9.95. The Morgan fingerprint density at radius 1 is 1.37 bits per heavy atom. The molecule has 0 unspecified atom stereocenters. The second-order valence-electron chi connectivity index (χ2n) is 7.07. The highest BCUT2D eigenvalue weighted by molar-refractivity contribution is 14.0. The summed E-state index contributed by atoms with van der Waals surface area (Å²) in [5.41, 5.74) is 7.56. The minimum atomic E-state index is -0.225. The Hall–Kier alpha value is -1.03. The lowest BCUT2D eigenvalue weighted by Gasteiger charge is -2.31. The average molecular weight is 551 g/mol. The highest BCUT2D eigenvalue weighted by Crippen LogP contribution is 2.50. The number of amides is 1. The van der Waals surface area contributed by atoms with Crippen molar-refractivity contribution in [3.8, 4) is 0 Å². The van der Waals surface area contributed by atoms with E-state index in [1.807, 2.05) is 13.0 Å². The van der Waals surface area contributed by atoms with Crippen LogP contribution in [0.4, 0.5) is 4.79 Å². The molecule has 1 aromatic rings. The first-order chi connectivity index (χ1) is 12.5. The molecule has 27 heavy (non-hydrogen) atoms. The summed E-state index contributed by atoms with van der Waals surface area (Å²) in [4.78, 5) is 18.1. The Morgan fingerprint density at radius 3 is 2.63 bits per heavy atom. The van der Waals surface area contributed by atoms with Crippen LogP contribution in [0.3, 0.4) is 0 Å². The Kier molecular flexibility index (Phi) is 8.20. The van der Waals surface area contributed by atoms with E-state index in [0.29, 0.717) is 32.2 Å². The van der Waals surface area contributed by atoms with Gasteiger partial charge in [-0.3, -0.25) is 4.99 Å². The molecule has 0 atom stereocenters. The number of ether oxygens (including phenoxy) is 1. The van der Waals surface area contributed by atoms with Crippen LogP contribution < -0.4 is 11.1 Å². The third-order valence-electron chi connectivity index (χ3n) is 5.22. The van der Waals surface area contributed by atoms with Crippen LogP contribution in [0.25, 0.3) is 0 Å². The molecule has 150 valence electrons. The van der Waals surface area contributed by atoms with E-state index in [1.54, 1.807) is 4.90 Å². The van der Waals surface area contributed by atoms with Gasteiger partial charge in [0.1, 0.15) is 0 Å². The van der Waals surface area contributed by atoms with Crippen molar-refractivity contribution in [2.45, 2.75) is 44.1 Å². The molecule has 0 radical (unpaired) electrons. The summed E-state index contributed by atoms with van der Waals surface area (Å²) < 4.78 is 6.19. The van der Waals surface area contributed by atoms with Gasteiger partial charge in [-0.25, -0.2) is 4.79 Å². The van der Waals surface area contributed by atoms with Crippen molar-refractivity contribution in [3.63, 3.8) is 0 Å². The Morgan fingerprint density at radius 2 is 2.04 bits per heavy atom. The summed E-state index contributed by atoms with van der Waals surface area (Å²) in [5, 5.41) is 3.31. The van der Waals surface area contributed by atoms with Crippen molar-refractivity contribution < 1.29 is 9.53 Å². The molecule has 6 nitrogen and oxygen atoms in total. The van der Waals surface area contributed by atoms with E-state index >= 15 is 0 Å². The lowest BCUT2D eigenvalue weighted by molar-refractivity contribution is 0.0963. The summed E-state index contributed by atoms with van der Waals surface area (Å²) in [7, 11) is 0. The van der Waals surface area contributed by atoms with Gasteiger partial charge in [-0.1, -0.05) is 34.1 Å². The van der Waals surface area contributed by atoms with Gasteiger partial charge in [-0.2, -0.15) is 0 Å². The number of aliphatic imine (C=N–C) groups is 1. The molecule has 8 heteroatoms. The van der Waals surface area contributed by atoms with E-state index in [2.05, 4.69) is 44.4 Å². The quantitative estimate of drug-likeness (QED) is 0.333. The molecule has 1 saturated heterocycles. The van der Waals surface area contributed by atoms with Gasteiger partial charge in [0.25, 0.3) is 0 Å². The molecule has 3 rings (SSSR count). The van der Waals surface area contributed by atoms with Gasteiger partial charge in [0.05, 0.1) is 13.2 Å². The number of carbonyl (C=O) groups excluding carboxylic acids is 1. The first kappa shape index (κ1) is 22.3. The summed E-state index contributed by atoms with van der Waals surface area (Å²) >= 11 is 3.65. The number of nitrogens with two attached hydrogens (primary N) is 1. The SMILES string of the molecule is CCOC(=O)N1CCC(NC(N)=NCC2(c3ccccc3Br)CC2)CC1.I. The Balaban J connectivity index is 0.00000261. The van der Waals surface area contributed by atoms with Crippen molar-refractivity contribution in [1.29, 1.82) is 0 Å². The molecule has 2 fully saturated rings. The van der Waals surface area contributed by atoms with Gasteiger partial charge in [-0.05, 0) is 44.2 Å². The fourth-order valence-corrected chi connectivity index (χ4v) is 4.17. The van der Waals surface area contributed by atoms with Crippen LogP contribution in [0.1, 0.15) is 38.2 Å². The average Bonchev–Trinajstić information content (AvgIpc) is 3.42. The zero-order chi connectivity index (χ0) is 18.6. The number of nitrogens with one attached hydrogen (secondary N) is 1. The number of hydrogen-bond donors (Lipinski definition) is 2. The van der Waals surface area contributed by atoms with Crippen molar-refractivity contribution >= 4 is 52.0 Å². The molecule has 1 heterocycles. The topological polar surface area (TPSA) is 80.0 Å². The van der Waals surface area contributed by atoms with Crippen molar-refractivity contribution in [1.82, 2.24) is 10.2 Å². The van der Waals surface area contributed by atoms with Crippen LogP contribution >= 0.6 is 39.9 Å². The Bertz CT molecular complexity index is 673. The van der Waals surface area contributed by atoms with Crippen molar-refractivity contribution in [3.05, 3.63) is 34.3 Å². The molecule has 3 N–H and O–H groups in total. The summed E-state index contributed by atoms with van der Waals surface area (Å²) in [6, 6.07) is 8.61. The van der Waals surface area contributed by atoms with E-state index in [-0.39, 0.29) is 41.5 Å². The standard InChI is InChI=1S/C19H27BrN4O2.HI/c1-2-26-18(25)24-11-7-14(8-12-24)23-17(21)22-13-19(9-10-19)15-5-3-4-6-16(15)20;/h3-6,14H,2,7-13H2,1H3,(H3,21,22,23);1H. The summed E-state index contributed by atoms with van der Waals surface area (Å²) in [6.45, 7) is 4.31. The predicted molar refractivity (Wildman–Crippen MR) is 122 cm³/mol. The van der Waals surface area contributed by atoms with E-state index < -0.39 is 0 Å². The minimum Gasteiger partial charge on any atom is -0.450 e. The maximum absolute atomic E-state index is 11.7. The number of piperidine rings is 1. The van der Waals surface area contributed by atoms with Crippen LogP contribution in [-0.4, -0.2) is 49.2 Å². The maximum Gasteiger partial charge on any atom is 0.409 e. The van der Waals surface area contributed by atoms with E-state index in [0.717, 1.165) is 30.2 Å². The van der Waals surface area contributed by atoms with Crippen LogP contribution in [0.2, 0.25) is 0 Å². The monoisotopic (exact) mass is 550 g/mol. The van der Waals surface area contributed by atoms with Crippen LogP contribution in [-0.2, 0) is 10.2 Å². The molecule has 1 saturated carbocycles. The lowest BCUT2D eigenvalue weighted by atomic mass is 9.96. The normalized spacial score (nSPS) is 19.2. The smallest absolute Gasteiger partial charge is 0.409 e. The van der Waals surface area contributed by atoms with Gasteiger partial charge in [0.15, 0.2) is 5.96 Å². The number of carbonyl (C=O) groups is 1. The van der Waals surface area contributed by atoms with E-state index in [1.165, 1.54) is 5.56 Å². The van der Waals surface area contributed by atoms with Crippen molar-refractivity contribution in [2.75, 3.05) is 26.2 Å². The highest BCUT2D eigenvalue weighted by Gasteiger charge is 2.45. The maximum atomic E-state index is 11.7. The molecule has 1 amide bonds. The molecular formula is C19H28BrIN4O2. The molecule has 1 aliphatic carbocycles. The summed E-state index contributed by atoms with van der Waals surface area (Å²) in [5.74, 6) is 0.498. The van der Waals surface area contributed by atoms with Gasteiger partial charge in [0, 0.05) is 29.0 Å². The largest absolute Gasteiger partial charge is 0.450 e. The zero-order valence-corrected chi connectivity index (χ0v) is 19.5. The first-order valence-electron chi connectivity index (χ1n) is 9.27. The second-order valence-corrected chi connectivity index (χ2v) is 7.92. The minimum absolute atomic E-state index is 0.